The van der Waals surface area contributed by atoms with Crippen LogP contribution in [-0.2, 0) is 13.5 Å². The van der Waals surface area contributed by atoms with Gasteiger partial charge >= 0.3 is 6.18 Å². The number of alkyl halides is 3. The second kappa shape index (κ2) is 5.44. The second-order valence-corrected chi connectivity index (χ2v) is 4.74. The van der Waals surface area contributed by atoms with E-state index in [0.29, 0.717) is 0 Å². The lowest BCUT2D eigenvalue weighted by Crippen LogP contribution is -2.12. The smallest absolute Gasteiger partial charge is 0.294 e. The van der Waals surface area contributed by atoms with Gasteiger partial charge in [0.25, 0.3) is 0 Å². The van der Waals surface area contributed by atoms with E-state index < -0.39 is 18.4 Å². The lowest BCUT2D eigenvalue weighted by atomic mass is 10.1. The number of rotatable bonds is 3. The van der Waals surface area contributed by atoms with Crippen LogP contribution in [0.2, 0.25) is 5.15 Å². The summed E-state index contributed by atoms with van der Waals surface area (Å²) in [4.78, 5) is 19.4. The summed E-state index contributed by atoms with van der Waals surface area (Å²) < 4.78 is 38.3. The number of aromatic nitrogens is 4. The summed E-state index contributed by atoms with van der Waals surface area (Å²) in [7, 11) is 1.43. The fourth-order valence-electron chi connectivity index (χ4n) is 1.79. The van der Waals surface area contributed by atoms with Crippen LogP contribution >= 0.6 is 11.6 Å². The van der Waals surface area contributed by atoms with E-state index >= 15 is 0 Å². The Labute approximate surface area is 122 Å². The molecule has 0 aliphatic heterocycles. The largest absolute Gasteiger partial charge is 0.396 e. The molecule has 2 aromatic heterocycles. The van der Waals surface area contributed by atoms with E-state index in [1.807, 2.05) is 0 Å². The molecule has 0 unspecified atom stereocenters. The summed E-state index contributed by atoms with van der Waals surface area (Å²) in [5.41, 5.74) is 0.326. The molecule has 9 heteroatoms. The zero-order chi connectivity index (χ0) is 15.8. The fourth-order valence-corrected chi connectivity index (χ4v) is 1.94. The number of hydrogen-bond donors (Lipinski definition) is 0. The molecule has 0 spiro atoms. The highest BCUT2D eigenvalue weighted by Crippen LogP contribution is 2.25. The van der Waals surface area contributed by atoms with Crippen molar-refractivity contribution >= 4 is 17.4 Å². The number of hydrogen-bond acceptors (Lipinski definition) is 4. The van der Waals surface area contributed by atoms with Crippen molar-refractivity contribution in [3.63, 3.8) is 0 Å². The molecule has 0 aromatic carbocycles. The summed E-state index contributed by atoms with van der Waals surface area (Å²) in [5.74, 6) is -0.632. The molecule has 0 atom stereocenters. The van der Waals surface area contributed by atoms with Crippen molar-refractivity contribution in [3.8, 4) is 11.5 Å². The maximum Gasteiger partial charge on any atom is 0.396 e. The van der Waals surface area contributed by atoms with Gasteiger partial charge in [-0.25, -0.2) is 14.6 Å². The van der Waals surface area contributed by atoms with Crippen molar-refractivity contribution in [2.24, 2.45) is 7.05 Å². The molecule has 2 rings (SSSR count). The van der Waals surface area contributed by atoms with Gasteiger partial charge in [0.05, 0.1) is 0 Å². The number of halogens is 4. The van der Waals surface area contributed by atoms with Gasteiger partial charge in [-0.1, -0.05) is 11.6 Å². The standard InChI is InChI=1S/C12H10ClF3N4O/c1-6(21)7-3-4-8(13)17-10(7)11-18-9(19-20(11)2)5-12(14,15)16/h3-4H,5H2,1-2H3. The molecule has 21 heavy (non-hydrogen) atoms. The van der Waals surface area contributed by atoms with Crippen molar-refractivity contribution in [3.05, 3.63) is 28.7 Å². The van der Waals surface area contributed by atoms with Gasteiger partial charge < -0.3 is 0 Å². The summed E-state index contributed by atoms with van der Waals surface area (Å²) >= 11 is 5.78. The average Bonchev–Trinajstić information content (AvgIpc) is 2.66. The first-order valence-electron chi connectivity index (χ1n) is 5.82. The minimum absolute atomic E-state index is 0.0574. The molecule has 0 aliphatic carbocycles. The lowest BCUT2D eigenvalue weighted by Gasteiger charge is -2.05. The van der Waals surface area contributed by atoms with Crippen LogP contribution in [0.1, 0.15) is 23.1 Å². The van der Waals surface area contributed by atoms with Gasteiger partial charge in [-0.2, -0.15) is 18.3 Å². The third-order valence-corrected chi connectivity index (χ3v) is 2.83. The van der Waals surface area contributed by atoms with Crippen molar-refractivity contribution in [2.75, 3.05) is 0 Å². The molecule has 2 heterocycles. The van der Waals surface area contributed by atoms with Gasteiger partial charge in [0.2, 0.25) is 0 Å². The average molecular weight is 319 g/mol. The van der Waals surface area contributed by atoms with Crippen LogP contribution < -0.4 is 0 Å². The molecule has 0 saturated heterocycles. The lowest BCUT2D eigenvalue weighted by molar-refractivity contribution is -0.128. The number of pyridine rings is 1. The number of Topliss-reactive ketones (excluding diaryl/α,β-unsaturated/α-hetero) is 1. The number of nitrogens with zero attached hydrogens (tertiary/aromatic N) is 4. The van der Waals surface area contributed by atoms with Crippen molar-refractivity contribution < 1.29 is 18.0 Å². The van der Waals surface area contributed by atoms with E-state index in [1.54, 1.807) is 0 Å². The van der Waals surface area contributed by atoms with Crippen molar-refractivity contribution in [2.45, 2.75) is 19.5 Å². The molecule has 0 radical (unpaired) electrons. The number of ketones is 1. The van der Waals surface area contributed by atoms with Crippen LogP contribution in [0.15, 0.2) is 12.1 Å². The van der Waals surface area contributed by atoms with Gasteiger partial charge in [0.15, 0.2) is 17.4 Å². The summed E-state index contributed by atoms with van der Waals surface area (Å²) in [5, 5.41) is 3.80. The van der Waals surface area contributed by atoms with Crippen LogP contribution in [-0.4, -0.2) is 31.7 Å². The molecule has 2 aromatic rings. The Bertz CT molecular complexity index is 696. The molecule has 112 valence electrons. The maximum atomic E-state index is 12.4. The Morgan fingerprint density at radius 1 is 1.33 bits per heavy atom. The van der Waals surface area contributed by atoms with Crippen molar-refractivity contribution in [1.82, 2.24) is 19.7 Å². The van der Waals surface area contributed by atoms with Crippen LogP contribution in [0, 0.1) is 0 Å². The van der Waals surface area contributed by atoms with Crippen LogP contribution in [0.4, 0.5) is 13.2 Å². The number of carbonyl (C=O) groups excluding carboxylic acids is 1. The van der Waals surface area contributed by atoms with Crippen LogP contribution in [0.25, 0.3) is 11.5 Å². The molecular weight excluding hydrogens is 309 g/mol. The highest BCUT2D eigenvalue weighted by molar-refractivity contribution is 6.29. The highest BCUT2D eigenvalue weighted by Gasteiger charge is 2.31. The first-order chi connectivity index (χ1) is 9.67. The quantitative estimate of drug-likeness (QED) is 0.645. The number of aryl methyl sites for hydroxylation is 1. The van der Waals surface area contributed by atoms with Crippen molar-refractivity contribution in [1.29, 1.82) is 0 Å². The second-order valence-electron chi connectivity index (χ2n) is 4.35. The molecule has 5 nitrogen and oxygen atoms in total. The van der Waals surface area contributed by atoms with E-state index in [2.05, 4.69) is 15.1 Å². The molecule has 0 bridgehead atoms. The van der Waals surface area contributed by atoms with E-state index in [1.165, 1.54) is 26.1 Å². The molecule has 0 fully saturated rings. The Kier molecular flexibility index (Phi) is 3.99. The minimum atomic E-state index is -4.41. The summed E-state index contributed by atoms with van der Waals surface area (Å²) in [6.07, 6.45) is -5.67. The van der Waals surface area contributed by atoms with E-state index in [9.17, 15) is 18.0 Å². The molecule has 0 amide bonds. The zero-order valence-corrected chi connectivity index (χ0v) is 11.8. The Hall–Kier alpha value is -1.96. The normalized spacial score (nSPS) is 11.7. The predicted molar refractivity (Wildman–Crippen MR) is 69.0 cm³/mol. The summed E-state index contributed by atoms with van der Waals surface area (Å²) in [6.45, 7) is 1.32. The maximum absolute atomic E-state index is 12.4. The fraction of sp³-hybridized carbons (Fsp3) is 0.333. The Balaban J connectivity index is 2.52. The van der Waals surface area contributed by atoms with Gasteiger partial charge in [0.1, 0.15) is 17.3 Å². The monoisotopic (exact) mass is 318 g/mol. The Morgan fingerprint density at radius 3 is 2.57 bits per heavy atom. The first-order valence-corrected chi connectivity index (χ1v) is 6.19. The molecule has 0 saturated carbocycles. The van der Waals surface area contributed by atoms with Gasteiger partial charge in [-0.05, 0) is 19.1 Å². The van der Waals surface area contributed by atoms with Crippen LogP contribution in [0.5, 0.6) is 0 Å². The SMILES string of the molecule is CC(=O)c1ccc(Cl)nc1-c1nc(CC(F)(F)F)nn1C. The van der Waals surface area contributed by atoms with Gasteiger partial charge in [-0.3, -0.25) is 4.79 Å². The van der Waals surface area contributed by atoms with Gasteiger partial charge in [0, 0.05) is 12.6 Å². The third-order valence-electron chi connectivity index (χ3n) is 2.62. The summed E-state index contributed by atoms with van der Waals surface area (Å²) in [6, 6.07) is 2.87. The highest BCUT2D eigenvalue weighted by atomic mass is 35.5. The predicted octanol–water partition coefficient (Wildman–Crippen LogP) is 2.84. The minimum Gasteiger partial charge on any atom is -0.294 e. The molecule has 0 aliphatic rings. The van der Waals surface area contributed by atoms with E-state index in [-0.39, 0.29) is 28.0 Å². The van der Waals surface area contributed by atoms with E-state index in [4.69, 9.17) is 11.6 Å². The van der Waals surface area contributed by atoms with Gasteiger partial charge in [-0.15, -0.1) is 0 Å². The van der Waals surface area contributed by atoms with E-state index in [0.717, 1.165) is 4.68 Å². The third kappa shape index (κ3) is 3.57. The molecule has 0 N–H and O–H groups in total. The molecular formula is C12H10ClF3N4O. The van der Waals surface area contributed by atoms with Crippen LogP contribution in [0.3, 0.4) is 0 Å². The number of carbonyl (C=O) groups is 1. The zero-order valence-electron chi connectivity index (χ0n) is 11.1. The first kappa shape index (κ1) is 15.4. The Morgan fingerprint density at radius 2 is 2.00 bits per heavy atom. The topological polar surface area (TPSA) is 60.7 Å².